The first-order valence-corrected chi connectivity index (χ1v) is 24.3. The monoisotopic (exact) mass is 913 g/mol. The van der Waals surface area contributed by atoms with Gasteiger partial charge < -0.3 is 5.11 Å². The Morgan fingerprint density at radius 1 is 0.741 bits per heavy atom. The molecule has 0 atom stereocenters. The molecule has 1 radical (unpaired) electrons. The molecule has 1 heterocycles. The van der Waals surface area contributed by atoms with E-state index in [4.69, 9.17) is 4.98 Å². The summed E-state index contributed by atoms with van der Waals surface area (Å²) in [5, 5.41) is 13.8. The van der Waals surface area contributed by atoms with Crippen molar-refractivity contribution < 1.29 is 30.0 Å². The molecule has 3 nitrogen and oxygen atoms in total. The van der Waals surface area contributed by atoms with Gasteiger partial charge in [0.1, 0.15) is 5.76 Å². The Labute approximate surface area is 338 Å². The number of pyridine rings is 1. The van der Waals surface area contributed by atoms with E-state index in [2.05, 4.69) is 106 Å². The summed E-state index contributed by atoms with van der Waals surface area (Å²) in [7, 11) is -1.40. The van der Waals surface area contributed by atoms with E-state index < -0.39 is 8.07 Å². The van der Waals surface area contributed by atoms with Crippen molar-refractivity contribution in [3.05, 3.63) is 95.8 Å². The van der Waals surface area contributed by atoms with Gasteiger partial charge in [0, 0.05) is 42.4 Å². The molecule has 0 spiro atoms. The molecule has 5 heteroatoms. The zero-order chi connectivity index (χ0) is 36.7. The average Bonchev–Trinajstić information content (AvgIpc) is 3.09. The van der Waals surface area contributed by atoms with Gasteiger partial charge in [-0.2, -0.15) is 0 Å². The summed E-state index contributed by atoms with van der Waals surface area (Å²) in [6, 6.07) is 27.5. The van der Waals surface area contributed by atoms with Crippen molar-refractivity contribution in [3.8, 4) is 22.4 Å². The number of benzene rings is 3. The first-order valence-electron chi connectivity index (χ1n) is 20.8. The first kappa shape index (κ1) is 38.0. The van der Waals surface area contributed by atoms with Crippen molar-refractivity contribution in [3.63, 3.8) is 0 Å². The van der Waals surface area contributed by atoms with E-state index in [0.29, 0.717) is 11.5 Å². The number of ketones is 1. The normalized spacial score (nSPS) is 31.9. The number of aliphatic hydroxyl groups is 1. The Bertz CT molecular complexity index is 2000. The topological polar surface area (TPSA) is 50.2 Å². The van der Waals surface area contributed by atoms with Gasteiger partial charge >= 0.3 is 0 Å². The predicted molar refractivity (Wildman–Crippen MR) is 221 cm³/mol. The van der Waals surface area contributed by atoms with Gasteiger partial charge in [0.25, 0.3) is 0 Å². The Kier molecular flexibility index (Phi) is 10.0. The maximum atomic E-state index is 13.4. The van der Waals surface area contributed by atoms with Gasteiger partial charge in [-0.15, -0.1) is 34.9 Å². The fraction of sp³-hybridized carbons (Fsp3) is 0.510. The summed E-state index contributed by atoms with van der Waals surface area (Å²) in [6.45, 7) is 11.4. The fourth-order valence-electron chi connectivity index (χ4n) is 13.0. The molecular formula is C49H58IrNO2Si-. The number of allylic oxidation sites excluding steroid dienone is 2. The van der Waals surface area contributed by atoms with Crippen LogP contribution < -0.4 is 5.19 Å². The van der Waals surface area contributed by atoms with Crippen LogP contribution in [0.1, 0.15) is 88.2 Å². The molecule has 8 aliphatic carbocycles. The van der Waals surface area contributed by atoms with Gasteiger partial charge in [0.2, 0.25) is 0 Å². The van der Waals surface area contributed by atoms with Crippen LogP contribution >= 0.6 is 0 Å². The van der Waals surface area contributed by atoms with Crippen molar-refractivity contribution in [2.45, 2.75) is 111 Å². The van der Waals surface area contributed by atoms with Crippen LogP contribution in [0.5, 0.6) is 0 Å². The molecule has 1 aromatic heterocycles. The molecule has 4 aromatic rings. The number of carbonyl (C=O) groups is 1. The van der Waals surface area contributed by atoms with Gasteiger partial charge in [0.05, 0.1) is 13.6 Å². The molecular weight excluding hydrogens is 855 g/mol. The van der Waals surface area contributed by atoms with E-state index in [1.54, 1.807) is 6.08 Å². The fourth-order valence-corrected chi connectivity index (χ4v) is 14.1. The molecule has 3 aromatic carbocycles. The standard InChI is InChI=1S/C26H26NSi.C23H32O2.Ir/c1-18-13-19(2)15-21(14-18)26-17-23(20-9-7-6-8-10-20)24-16-22(28(3,4)5)11-12-25(24)27-26;24-20(22-8-14-1-15(9-22)3-16(2-14)10-22)7-21(25)23-11-17-4-18(12-23)6-19(5-17)13-23;/h6-14,16-17H,1-5H3;7,14-19,24H,1-6,8-13H2;/q-1;;/b;20-7-;. The number of aromatic nitrogens is 1. The molecule has 8 saturated carbocycles. The molecule has 0 unspecified atom stereocenters. The first-order chi connectivity index (χ1) is 25.3. The van der Waals surface area contributed by atoms with Crippen LogP contribution in [0.2, 0.25) is 19.6 Å². The summed E-state index contributed by atoms with van der Waals surface area (Å²) < 4.78 is 0. The minimum atomic E-state index is -1.40. The summed E-state index contributed by atoms with van der Waals surface area (Å²) >= 11 is 0. The van der Waals surface area contributed by atoms with Gasteiger partial charge in [-0.25, -0.2) is 0 Å². The zero-order valence-electron chi connectivity index (χ0n) is 33.0. The molecule has 8 fully saturated rings. The molecule has 285 valence electrons. The molecule has 0 saturated heterocycles. The van der Waals surface area contributed by atoms with E-state index in [1.807, 2.05) is 0 Å². The van der Waals surface area contributed by atoms with Gasteiger partial charge in [-0.05, 0) is 135 Å². The number of aliphatic hydroxyl groups excluding tert-OH is 1. The molecule has 8 aliphatic rings. The van der Waals surface area contributed by atoms with Crippen molar-refractivity contribution >= 4 is 29.9 Å². The van der Waals surface area contributed by atoms with Crippen LogP contribution in [0.4, 0.5) is 0 Å². The Morgan fingerprint density at radius 3 is 1.80 bits per heavy atom. The van der Waals surface area contributed by atoms with Crippen LogP contribution in [0.3, 0.4) is 0 Å². The third-order valence-electron chi connectivity index (χ3n) is 14.6. The van der Waals surface area contributed by atoms with Crippen molar-refractivity contribution in [1.82, 2.24) is 4.98 Å². The number of hydrogen-bond donors (Lipinski definition) is 1. The van der Waals surface area contributed by atoms with Gasteiger partial charge in [-0.3, -0.25) is 9.78 Å². The largest absolute Gasteiger partial charge is 0.512 e. The van der Waals surface area contributed by atoms with Gasteiger partial charge in [-0.1, -0.05) is 87.2 Å². The number of rotatable bonds is 6. The Balaban J connectivity index is 0.000000151. The summed E-state index contributed by atoms with van der Waals surface area (Å²) in [5.74, 6) is 5.64. The molecule has 0 amide bonds. The number of fused-ring (bicyclic) bond motifs is 1. The second-order valence-electron chi connectivity index (χ2n) is 19.9. The summed E-state index contributed by atoms with van der Waals surface area (Å²) in [6.07, 6.45) is 16.8. The number of nitrogens with zero attached hydrogens (tertiary/aromatic N) is 1. The Hall–Kier alpha value is -2.85. The minimum absolute atomic E-state index is 0. The Morgan fingerprint density at radius 2 is 1.28 bits per heavy atom. The zero-order valence-corrected chi connectivity index (χ0v) is 36.4. The SMILES string of the molecule is Cc1[c-]c(-c2cc(-c3ccccc3)c3cc([Si](C)(C)C)ccc3n2)cc(C)c1.O=C(/C=C(\O)C12CC3CC(CC(C3)C1)C2)C12CC3CC(CC(C3)C1)C2.[Ir]. The predicted octanol–water partition coefficient (Wildman–Crippen LogP) is 12.0. The maximum Gasteiger partial charge on any atom is 0.165 e. The van der Waals surface area contributed by atoms with Crippen LogP contribution in [-0.2, 0) is 24.9 Å². The quantitative estimate of drug-likeness (QED) is 0.0907. The van der Waals surface area contributed by atoms with Crippen LogP contribution in [0, 0.1) is 66.3 Å². The van der Waals surface area contributed by atoms with Crippen LogP contribution in [-0.4, -0.2) is 23.9 Å². The van der Waals surface area contributed by atoms with Crippen molar-refractivity contribution in [2.75, 3.05) is 0 Å². The van der Waals surface area contributed by atoms with Gasteiger partial charge in [0.15, 0.2) is 5.78 Å². The molecule has 8 bridgehead atoms. The van der Waals surface area contributed by atoms with Crippen molar-refractivity contribution in [1.29, 1.82) is 0 Å². The third-order valence-corrected chi connectivity index (χ3v) is 16.6. The molecule has 54 heavy (non-hydrogen) atoms. The van der Waals surface area contributed by atoms with E-state index >= 15 is 0 Å². The average molecular weight is 913 g/mol. The number of hydrogen-bond acceptors (Lipinski definition) is 3. The van der Waals surface area contributed by atoms with E-state index in [9.17, 15) is 9.90 Å². The molecule has 0 aliphatic heterocycles. The number of aryl methyl sites for hydroxylation is 2. The summed E-state index contributed by atoms with van der Waals surface area (Å²) in [5.41, 5.74) is 7.84. The molecule has 1 N–H and O–H groups in total. The van der Waals surface area contributed by atoms with E-state index in [-0.39, 0.29) is 30.9 Å². The summed E-state index contributed by atoms with van der Waals surface area (Å²) in [4.78, 5) is 18.4. The third kappa shape index (κ3) is 7.16. The minimum Gasteiger partial charge on any atom is -0.512 e. The van der Waals surface area contributed by atoms with E-state index in [1.165, 1.54) is 65.8 Å². The van der Waals surface area contributed by atoms with Crippen LogP contribution in [0.25, 0.3) is 33.3 Å². The van der Waals surface area contributed by atoms with Crippen molar-refractivity contribution in [2.24, 2.45) is 46.3 Å². The van der Waals surface area contributed by atoms with E-state index in [0.717, 1.165) is 96.4 Å². The number of carbonyl (C=O) groups excluding carboxylic acids is 1. The van der Waals surface area contributed by atoms with Crippen LogP contribution in [0.15, 0.2) is 78.6 Å². The molecule has 12 rings (SSSR count). The second kappa shape index (κ2) is 14.3. The maximum absolute atomic E-state index is 13.4. The second-order valence-corrected chi connectivity index (χ2v) is 25.0. The smallest absolute Gasteiger partial charge is 0.165 e.